The van der Waals surface area contributed by atoms with E-state index in [0.29, 0.717) is 5.92 Å². The van der Waals surface area contributed by atoms with Crippen LogP contribution in [-0.4, -0.2) is 35.5 Å². The van der Waals surface area contributed by atoms with Crippen molar-refractivity contribution in [2.75, 3.05) is 0 Å². The van der Waals surface area contributed by atoms with Gasteiger partial charge in [0, 0.05) is 0 Å². The molecule has 2 nitrogen and oxygen atoms in total. The van der Waals surface area contributed by atoms with Gasteiger partial charge in [0.05, 0.1) is 5.41 Å². The summed E-state index contributed by atoms with van der Waals surface area (Å²) in [5.41, 5.74) is 5.28. The normalized spacial score (nSPS) is 20.8. The van der Waals surface area contributed by atoms with E-state index in [1.807, 2.05) is 0 Å². The Morgan fingerprint density at radius 3 is 1.92 bits per heavy atom. The van der Waals surface area contributed by atoms with Gasteiger partial charge in [-0.05, 0) is 18.8 Å². The Labute approximate surface area is 103 Å². The van der Waals surface area contributed by atoms with E-state index >= 15 is 0 Å². The van der Waals surface area contributed by atoms with Crippen LogP contribution in [0.1, 0.15) is 46.0 Å². The Morgan fingerprint density at radius 1 is 1.23 bits per heavy atom. The minimum atomic E-state index is -0.182. The molecule has 1 amide bonds. The summed E-state index contributed by atoms with van der Waals surface area (Å²) in [7, 11) is 0. The fourth-order valence-corrected chi connectivity index (χ4v) is 2.29. The summed E-state index contributed by atoms with van der Waals surface area (Å²) in [6.45, 7) is 4.21. The molecule has 13 heavy (non-hydrogen) atoms. The Hall–Kier alpha value is 0.470. The Kier molecular flexibility index (Phi) is 5.57. The van der Waals surface area contributed by atoms with Gasteiger partial charge in [0.2, 0.25) is 5.91 Å². The number of carbonyl (C=O) groups excluding carboxylic acids is 1. The van der Waals surface area contributed by atoms with E-state index in [0.717, 1.165) is 12.8 Å². The van der Waals surface area contributed by atoms with Crippen LogP contribution in [0.4, 0.5) is 0 Å². The van der Waals surface area contributed by atoms with Crippen LogP contribution in [0, 0.1) is 11.3 Å². The van der Waals surface area contributed by atoms with E-state index in [1.165, 1.54) is 19.3 Å². The first-order valence-electron chi connectivity index (χ1n) is 4.89. The third-order valence-electron chi connectivity index (χ3n) is 3.34. The number of hydrogen-bond acceptors (Lipinski definition) is 1. The van der Waals surface area contributed by atoms with Gasteiger partial charge < -0.3 is 5.73 Å². The Balaban J connectivity index is 0.00000144. The number of hydrogen-bond donors (Lipinski definition) is 1. The molecule has 1 aliphatic carbocycles. The van der Waals surface area contributed by atoms with Crippen LogP contribution >= 0.6 is 0 Å². The molecular weight excluding hydrogens is 173 g/mol. The van der Waals surface area contributed by atoms with Crippen molar-refractivity contribution in [1.82, 2.24) is 0 Å². The van der Waals surface area contributed by atoms with Crippen molar-refractivity contribution in [1.29, 1.82) is 0 Å². The van der Waals surface area contributed by atoms with Gasteiger partial charge in [-0.3, -0.25) is 4.79 Å². The number of primary amides is 1. The van der Waals surface area contributed by atoms with Crippen LogP contribution in [0.15, 0.2) is 0 Å². The molecule has 0 aliphatic heterocycles. The fourth-order valence-electron chi connectivity index (χ4n) is 2.29. The van der Waals surface area contributed by atoms with Gasteiger partial charge in [-0.25, -0.2) is 0 Å². The van der Waals surface area contributed by atoms with Crippen molar-refractivity contribution in [3.63, 3.8) is 0 Å². The minimum absolute atomic E-state index is 0. The molecule has 0 heterocycles. The van der Waals surface area contributed by atoms with Crippen LogP contribution in [0.5, 0.6) is 0 Å². The van der Waals surface area contributed by atoms with Crippen molar-refractivity contribution in [2.24, 2.45) is 17.1 Å². The van der Waals surface area contributed by atoms with Gasteiger partial charge in [-0.2, -0.15) is 0 Å². The predicted molar refractivity (Wildman–Crippen MR) is 56.7 cm³/mol. The Bertz CT molecular complexity index is 174. The van der Waals surface area contributed by atoms with Crippen LogP contribution < -0.4 is 5.73 Å². The summed E-state index contributed by atoms with van der Waals surface area (Å²) in [6.07, 6.45) is 5.60. The van der Waals surface area contributed by atoms with Crippen molar-refractivity contribution in [3.05, 3.63) is 0 Å². The van der Waals surface area contributed by atoms with Crippen LogP contribution in [0.3, 0.4) is 0 Å². The summed E-state index contributed by atoms with van der Waals surface area (Å²) in [6, 6.07) is 0. The summed E-state index contributed by atoms with van der Waals surface area (Å²) < 4.78 is 0. The van der Waals surface area contributed by atoms with Crippen molar-refractivity contribution >= 4 is 35.5 Å². The molecule has 0 bridgehead atoms. The van der Waals surface area contributed by atoms with Crippen LogP contribution in [0.2, 0.25) is 0 Å². The first kappa shape index (κ1) is 13.5. The SMILES string of the molecule is CC(C)C1(C(N)=O)CCCCC1.[NaH]. The number of rotatable bonds is 2. The summed E-state index contributed by atoms with van der Waals surface area (Å²) in [5.74, 6) is 0.313. The van der Waals surface area contributed by atoms with Gasteiger partial charge >= 0.3 is 29.6 Å². The second-order valence-electron chi connectivity index (χ2n) is 4.24. The molecule has 72 valence electrons. The van der Waals surface area contributed by atoms with Gasteiger partial charge in [-0.15, -0.1) is 0 Å². The van der Waals surface area contributed by atoms with E-state index < -0.39 is 0 Å². The molecule has 0 aromatic carbocycles. The molecule has 3 heteroatoms. The van der Waals surface area contributed by atoms with E-state index in [4.69, 9.17) is 5.73 Å². The molecule has 1 saturated carbocycles. The molecule has 0 radical (unpaired) electrons. The summed E-state index contributed by atoms with van der Waals surface area (Å²) >= 11 is 0. The molecule has 2 N–H and O–H groups in total. The maximum absolute atomic E-state index is 11.3. The quantitative estimate of drug-likeness (QED) is 0.662. The zero-order chi connectivity index (χ0) is 9.19. The molecule has 0 spiro atoms. The average molecular weight is 193 g/mol. The number of carbonyl (C=O) groups is 1. The van der Waals surface area contributed by atoms with Crippen molar-refractivity contribution in [3.8, 4) is 0 Å². The molecule has 0 aromatic heterocycles. The van der Waals surface area contributed by atoms with E-state index in [-0.39, 0.29) is 40.9 Å². The molecule has 0 saturated heterocycles. The number of amides is 1. The average Bonchev–Trinajstić information content (AvgIpc) is 2.05. The van der Waals surface area contributed by atoms with Crippen molar-refractivity contribution < 1.29 is 4.79 Å². The van der Waals surface area contributed by atoms with E-state index in [1.54, 1.807) is 0 Å². The molecule has 0 unspecified atom stereocenters. The van der Waals surface area contributed by atoms with Crippen LogP contribution in [-0.2, 0) is 4.79 Å². The zero-order valence-electron chi connectivity index (χ0n) is 8.10. The van der Waals surface area contributed by atoms with Crippen LogP contribution in [0.25, 0.3) is 0 Å². The first-order chi connectivity index (χ1) is 5.59. The maximum atomic E-state index is 11.3. The molecule has 0 aromatic rings. The van der Waals surface area contributed by atoms with Gasteiger partial charge in [-0.1, -0.05) is 33.1 Å². The van der Waals surface area contributed by atoms with Crippen molar-refractivity contribution in [2.45, 2.75) is 46.0 Å². The van der Waals surface area contributed by atoms with Gasteiger partial charge in [0.15, 0.2) is 0 Å². The monoisotopic (exact) mass is 193 g/mol. The van der Waals surface area contributed by atoms with Gasteiger partial charge in [0.1, 0.15) is 0 Å². The molecule has 0 atom stereocenters. The molecule has 1 aliphatic rings. The summed E-state index contributed by atoms with van der Waals surface area (Å²) in [4.78, 5) is 11.3. The topological polar surface area (TPSA) is 43.1 Å². The second-order valence-corrected chi connectivity index (χ2v) is 4.24. The number of nitrogens with two attached hydrogens (primary N) is 1. The molecular formula is C10H20NNaO. The third kappa shape index (κ3) is 2.71. The standard InChI is InChI=1S/C10H19NO.Na.H/c1-8(2)10(9(11)12)6-4-3-5-7-10;;/h8H,3-7H2,1-2H3,(H2,11,12);;. The first-order valence-corrected chi connectivity index (χ1v) is 4.89. The third-order valence-corrected chi connectivity index (χ3v) is 3.34. The van der Waals surface area contributed by atoms with Gasteiger partial charge in [0.25, 0.3) is 0 Å². The molecule has 1 fully saturated rings. The zero-order valence-corrected chi connectivity index (χ0v) is 8.10. The fraction of sp³-hybridized carbons (Fsp3) is 0.900. The van der Waals surface area contributed by atoms with E-state index in [9.17, 15) is 4.79 Å². The predicted octanol–water partition coefficient (Wildman–Crippen LogP) is 1.43. The summed E-state index contributed by atoms with van der Waals surface area (Å²) in [5, 5.41) is 0. The van der Waals surface area contributed by atoms with E-state index in [2.05, 4.69) is 13.8 Å². The second kappa shape index (κ2) is 5.38. The molecule has 1 rings (SSSR count). The Morgan fingerprint density at radius 2 is 1.69 bits per heavy atom.